The zero-order chi connectivity index (χ0) is 18.4. The van der Waals surface area contributed by atoms with Crippen molar-refractivity contribution in [2.75, 3.05) is 6.54 Å². The maximum absolute atomic E-state index is 11.1. The molecule has 0 bridgehead atoms. The van der Waals surface area contributed by atoms with Gasteiger partial charge < -0.3 is 11.1 Å². The van der Waals surface area contributed by atoms with Crippen LogP contribution in [0.2, 0.25) is 0 Å². The van der Waals surface area contributed by atoms with Crippen LogP contribution in [-0.2, 0) is 11.2 Å². The highest BCUT2D eigenvalue weighted by Crippen LogP contribution is 2.20. The molecule has 0 aliphatic carbocycles. The lowest BCUT2D eigenvalue weighted by Gasteiger charge is -2.06. The minimum absolute atomic E-state index is 0.240. The summed E-state index contributed by atoms with van der Waals surface area (Å²) >= 11 is 0. The van der Waals surface area contributed by atoms with Crippen molar-refractivity contribution in [3.63, 3.8) is 0 Å². The number of pyridine rings is 2. The summed E-state index contributed by atoms with van der Waals surface area (Å²) in [5.41, 5.74) is 8.33. The van der Waals surface area contributed by atoms with Gasteiger partial charge in [0.15, 0.2) is 0 Å². The average molecular weight is 351 g/mol. The minimum atomic E-state index is -0.543. The van der Waals surface area contributed by atoms with Gasteiger partial charge in [-0.1, -0.05) is 6.42 Å². The van der Waals surface area contributed by atoms with E-state index < -0.39 is 5.91 Å². The van der Waals surface area contributed by atoms with E-state index in [1.165, 1.54) is 5.56 Å². The predicted octanol–water partition coefficient (Wildman–Crippen LogP) is 1.98. The fourth-order valence-corrected chi connectivity index (χ4v) is 2.88. The molecule has 0 fully saturated rings. The molecule has 3 N–H and O–H groups in total. The number of nitrogens with zero attached hydrogens (tertiary/aromatic N) is 3. The summed E-state index contributed by atoms with van der Waals surface area (Å²) in [6.45, 7) is 0.728. The summed E-state index contributed by atoms with van der Waals surface area (Å²) in [6, 6.07) is 7.57. The molecule has 134 valence electrons. The van der Waals surface area contributed by atoms with E-state index in [2.05, 4.69) is 21.4 Å². The number of hydrogen-bond donors (Lipinski definition) is 2. The lowest BCUT2D eigenvalue weighted by molar-refractivity contribution is -0.109. The largest absolute Gasteiger partial charge is 0.364 e. The molecule has 3 aromatic rings. The number of hydrogen-bond acceptors (Lipinski definition) is 4. The molecule has 0 aliphatic heterocycles. The molecule has 0 radical (unpaired) electrons. The molecule has 0 aromatic carbocycles. The zero-order valence-electron chi connectivity index (χ0n) is 14.4. The van der Waals surface area contributed by atoms with Gasteiger partial charge in [0.2, 0.25) is 6.41 Å². The summed E-state index contributed by atoms with van der Waals surface area (Å²) in [5.74, 6) is -0.543. The Labute approximate surface area is 151 Å². The second-order valence-corrected chi connectivity index (χ2v) is 6.09. The van der Waals surface area contributed by atoms with Crippen LogP contribution in [0, 0.1) is 0 Å². The van der Waals surface area contributed by atoms with Crippen LogP contribution in [0.3, 0.4) is 0 Å². The molecule has 0 unspecified atom stereocenters. The summed E-state index contributed by atoms with van der Waals surface area (Å²) < 4.78 is 1.93. The third-order valence-electron chi connectivity index (χ3n) is 4.23. The van der Waals surface area contributed by atoms with Crippen molar-refractivity contribution in [1.29, 1.82) is 0 Å². The molecule has 0 saturated heterocycles. The molecule has 26 heavy (non-hydrogen) atoms. The van der Waals surface area contributed by atoms with Gasteiger partial charge in [-0.25, -0.2) is 9.97 Å². The van der Waals surface area contributed by atoms with Crippen LogP contribution in [0.25, 0.3) is 16.7 Å². The van der Waals surface area contributed by atoms with Gasteiger partial charge in [-0.2, -0.15) is 0 Å². The summed E-state index contributed by atoms with van der Waals surface area (Å²) in [7, 11) is 0. The van der Waals surface area contributed by atoms with Gasteiger partial charge in [0.25, 0.3) is 5.91 Å². The Bertz CT molecular complexity index is 902. The molecule has 0 atom stereocenters. The van der Waals surface area contributed by atoms with E-state index >= 15 is 0 Å². The monoisotopic (exact) mass is 351 g/mol. The van der Waals surface area contributed by atoms with Crippen molar-refractivity contribution in [2.45, 2.75) is 25.7 Å². The molecule has 0 saturated carbocycles. The average Bonchev–Trinajstić information content (AvgIpc) is 3.08. The molecule has 3 rings (SSSR count). The van der Waals surface area contributed by atoms with Gasteiger partial charge in [0.05, 0.1) is 11.9 Å². The Morgan fingerprint density at radius 1 is 1.15 bits per heavy atom. The number of amides is 2. The second kappa shape index (κ2) is 8.24. The number of aromatic nitrogens is 3. The van der Waals surface area contributed by atoms with Crippen LogP contribution in [0.1, 0.15) is 35.3 Å². The Balaban J connectivity index is 1.69. The highest BCUT2D eigenvalue weighted by molar-refractivity contribution is 5.90. The number of rotatable bonds is 9. The minimum Gasteiger partial charge on any atom is -0.364 e. The maximum atomic E-state index is 11.1. The number of nitrogens with one attached hydrogen (secondary N) is 1. The first-order valence-corrected chi connectivity index (χ1v) is 8.58. The van der Waals surface area contributed by atoms with Crippen LogP contribution < -0.4 is 11.1 Å². The molecule has 7 heteroatoms. The summed E-state index contributed by atoms with van der Waals surface area (Å²) in [6.07, 6.45) is 10.3. The van der Waals surface area contributed by atoms with Crippen molar-refractivity contribution in [3.8, 4) is 5.69 Å². The highest BCUT2D eigenvalue weighted by Gasteiger charge is 2.08. The van der Waals surface area contributed by atoms with Crippen molar-refractivity contribution >= 4 is 23.4 Å². The normalized spacial score (nSPS) is 10.8. The first-order valence-electron chi connectivity index (χ1n) is 8.58. The van der Waals surface area contributed by atoms with Crippen molar-refractivity contribution in [2.24, 2.45) is 5.73 Å². The van der Waals surface area contributed by atoms with E-state index in [0.717, 1.165) is 55.4 Å². The Morgan fingerprint density at radius 2 is 2.04 bits per heavy atom. The number of primary amides is 1. The fraction of sp³-hybridized carbons (Fsp3) is 0.263. The van der Waals surface area contributed by atoms with Gasteiger partial charge in [-0.05, 0) is 49.1 Å². The fourth-order valence-electron chi connectivity index (χ4n) is 2.88. The first-order chi connectivity index (χ1) is 12.7. The third kappa shape index (κ3) is 4.05. The topological polar surface area (TPSA) is 103 Å². The number of unbranched alkanes of at least 4 members (excludes halogenated alkanes) is 2. The quantitative estimate of drug-likeness (QED) is 0.454. The summed E-state index contributed by atoms with van der Waals surface area (Å²) in [5, 5.41) is 3.73. The summed E-state index contributed by atoms with van der Waals surface area (Å²) in [4.78, 5) is 30.0. The first kappa shape index (κ1) is 17.6. The van der Waals surface area contributed by atoms with E-state index in [1.54, 1.807) is 18.3 Å². The van der Waals surface area contributed by atoms with E-state index in [4.69, 9.17) is 5.73 Å². The standard InChI is InChI=1S/C19H21N5O2/c20-18(26)17-6-5-16(12-22-17)24-9-7-15-10-14(11-23-19(15)24)4-2-1-3-8-21-13-25/h5-7,9-13H,1-4,8H2,(H2,20,26)(H,21,25). The lowest BCUT2D eigenvalue weighted by Crippen LogP contribution is -2.12. The van der Waals surface area contributed by atoms with Gasteiger partial charge >= 0.3 is 0 Å². The molecule has 7 nitrogen and oxygen atoms in total. The van der Waals surface area contributed by atoms with Gasteiger partial charge in [0, 0.05) is 24.3 Å². The third-order valence-corrected chi connectivity index (χ3v) is 4.23. The van der Waals surface area contributed by atoms with Crippen molar-refractivity contribution in [1.82, 2.24) is 19.9 Å². The molecule has 0 spiro atoms. The molecule has 3 aromatic heterocycles. The molecular weight excluding hydrogens is 330 g/mol. The number of fused-ring (bicyclic) bond motifs is 1. The number of aryl methyl sites for hydroxylation is 1. The van der Waals surface area contributed by atoms with Gasteiger partial charge in [-0.15, -0.1) is 0 Å². The number of carbonyl (C=O) groups excluding carboxylic acids is 2. The maximum Gasteiger partial charge on any atom is 0.267 e. The van der Waals surface area contributed by atoms with Gasteiger partial charge in [-0.3, -0.25) is 14.2 Å². The molecular formula is C19H21N5O2. The van der Waals surface area contributed by atoms with Crippen LogP contribution in [0.4, 0.5) is 0 Å². The van der Waals surface area contributed by atoms with Crippen LogP contribution in [0.5, 0.6) is 0 Å². The van der Waals surface area contributed by atoms with Crippen molar-refractivity contribution < 1.29 is 9.59 Å². The zero-order valence-corrected chi connectivity index (χ0v) is 14.4. The Kier molecular flexibility index (Phi) is 5.58. The second-order valence-electron chi connectivity index (χ2n) is 6.09. The van der Waals surface area contributed by atoms with E-state index in [-0.39, 0.29) is 5.69 Å². The van der Waals surface area contributed by atoms with E-state index in [0.29, 0.717) is 0 Å². The van der Waals surface area contributed by atoms with E-state index in [1.807, 2.05) is 23.0 Å². The molecule has 3 heterocycles. The lowest BCUT2D eigenvalue weighted by atomic mass is 10.1. The molecule has 2 amide bonds. The number of nitrogens with two attached hydrogens (primary N) is 1. The van der Waals surface area contributed by atoms with Crippen LogP contribution in [-0.4, -0.2) is 33.4 Å². The molecule has 0 aliphatic rings. The Hall–Kier alpha value is -3.22. The SMILES string of the molecule is NC(=O)c1ccc(-n2ccc3cc(CCCCCNC=O)cnc32)cn1. The van der Waals surface area contributed by atoms with E-state index in [9.17, 15) is 9.59 Å². The van der Waals surface area contributed by atoms with Crippen LogP contribution >= 0.6 is 0 Å². The smallest absolute Gasteiger partial charge is 0.267 e. The Morgan fingerprint density at radius 3 is 2.77 bits per heavy atom. The number of carbonyl (C=O) groups is 2. The van der Waals surface area contributed by atoms with Crippen LogP contribution in [0.15, 0.2) is 42.9 Å². The predicted molar refractivity (Wildman–Crippen MR) is 99.0 cm³/mol. The van der Waals surface area contributed by atoms with Gasteiger partial charge in [0.1, 0.15) is 11.3 Å². The van der Waals surface area contributed by atoms with Crippen molar-refractivity contribution in [3.05, 3.63) is 54.1 Å². The highest BCUT2D eigenvalue weighted by atomic mass is 16.1.